The minimum atomic E-state index is -0.957. The van der Waals surface area contributed by atoms with E-state index in [0.29, 0.717) is 32.4 Å². The van der Waals surface area contributed by atoms with Gasteiger partial charge in [0.25, 0.3) is 0 Å². The molecule has 2 unspecified atom stereocenters. The van der Waals surface area contributed by atoms with Crippen molar-refractivity contribution in [1.82, 2.24) is 10.2 Å². The third-order valence-electron chi connectivity index (χ3n) is 3.57. The SMILES string of the molecule is CC1CCCN(C(=O)NCCCCC(N)=O)C1C(=O)O. The van der Waals surface area contributed by atoms with Crippen LogP contribution in [0.3, 0.4) is 0 Å². The minimum absolute atomic E-state index is 0.0399. The number of hydrogen-bond donors (Lipinski definition) is 3. The van der Waals surface area contributed by atoms with Crippen LogP contribution in [0.15, 0.2) is 0 Å². The van der Waals surface area contributed by atoms with E-state index >= 15 is 0 Å². The fourth-order valence-electron chi connectivity index (χ4n) is 2.51. The number of carbonyl (C=O) groups excluding carboxylic acids is 2. The Morgan fingerprint density at radius 1 is 1.35 bits per heavy atom. The van der Waals surface area contributed by atoms with Gasteiger partial charge in [-0.3, -0.25) is 4.79 Å². The summed E-state index contributed by atoms with van der Waals surface area (Å²) in [5, 5.41) is 11.9. The molecular formula is C13H23N3O4. The van der Waals surface area contributed by atoms with Crippen molar-refractivity contribution < 1.29 is 19.5 Å². The van der Waals surface area contributed by atoms with Crippen molar-refractivity contribution in [3.8, 4) is 0 Å². The fourth-order valence-corrected chi connectivity index (χ4v) is 2.51. The molecule has 0 aliphatic carbocycles. The molecule has 0 radical (unpaired) electrons. The van der Waals surface area contributed by atoms with Gasteiger partial charge in [0.15, 0.2) is 0 Å². The number of carboxylic acid groups (broad SMARTS) is 1. The molecule has 0 aromatic rings. The normalized spacial score (nSPS) is 22.4. The largest absolute Gasteiger partial charge is 0.480 e. The lowest BCUT2D eigenvalue weighted by atomic mass is 9.91. The van der Waals surface area contributed by atoms with Crippen molar-refractivity contribution in [3.05, 3.63) is 0 Å². The first-order valence-electron chi connectivity index (χ1n) is 6.99. The van der Waals surface area contributed by atoms with E-state index in [4.69, 9.17) is 5.73 Å². The molecule has 2 atom stereocenters. The second-order valence-corrected chi connectivity index (χ2v) is 5.25. The lowest BCUT2D eigenvalue weighted by molar-refractivity contribution is -0.145. The fraction of sp³-hybridized carbons (Fsp3) is 0.769. The number of unbranched alkanes of at least 4 members (excludes halogenated alkanes) is 1. The summed E-state index contributed by atoms with van der Waals surface area (Å²) in [5.41, 5.74) is 5.02. The zero-order chi connectivity index (χ0) is 15.1. The Morgan fingerprint density at radius 3 is 2.65 bits per heavy atom. The zero-order valence-corrected chi connectivity index (χ0v) is 11.8. The number of nitrogens with one attached hydrogen (secondary N) is 1. The Bertz CT molecular complexity index is 373. The van der Waals surface area contributed by atoms with Gasteiger partial charge in [-0.25, -0.2) is 9.59 Å². The van der Waals surface area contributed by atoms with Crippen LogP contribution < -0.4 is 11.1 Å². The summed E-state index contributed by atoms with van der Waals surface area (Å²) in [5.74, 6) is -1.35. The van der Waals surface area contributed by atoms with E-state index in [2.05, 4.69) is 5.32 Å². The molecular weight excluding hydrogens is 262 g/mol. The number of nitrogens with two attached hydrogens (primary N) is 1. The number of hydrogen-bond acceptors (Lipinski definition) is 3. The zero-order valence-electron chi connectivity index (χ0n) is 11.8. The van der Waals surface area contributed by atoms with Crippen molar-refractivity contribution >= 4 is 17.9 Å². The highest BCUT2D eigenvalue weighted by Crippen LogP contribution is 2.23. The molecule has 0 spiro atoms. The Kier molecular flexibility index (Phi) is 6.27. The summed E-state index contributed by atoms with van der Waals surface area (Å²) in [6, 6.07) is -1.10. The maximum absolute atomic E-state index is 12.0. The molecule has 114 valence electrons. The van der Waals surface area contributed by atoms with Crippen LogP contribution in [-0.2, 0) is 9.59 Å². The standard InChI is InChI=1S/C13H23N3O4/c1-9-5-4-8-16(11(9)12(18)19)13(20)15-7-3-2-6-10(14)17/h9,11H,2-8H2,1H3,(H2,14,17)(H,15,20)(H,18,19). The van der Waals surface area contributed by atoms with Crippen LogP contribution in [0, 0.1) is 5.92 Å². The number of aliphatic carboxylic acids is 1. The van der Waals surface area contributed by atoms with Crippen molar-refractivity contribution in [2.75, 3.05) is 13.1 Å². The van der Waals surface area contributed by atoms with Crippen LogP contribution in [0.1, 0.15) is 39.0 Å². The summed E-state index contributed by atoms with van der Waals surface area (Å²) >= 11 is 0. The first kappa shape index (κ1) is 16.3. The second-order valence-electron chi connectivity index (χ2n) is 5.25. The average Bonchev–Trinajstić information content (AvgIpc) is 2.36. The Balaban J connectivity index is 2.40. The molecule has 7 nitrogen and oxygen atoms in total. The van der Waals surface area contributed by atoms with Gasteiger partial charge >= 0.3 is 12.0 Å². The van der Waals surface area contributed by atoms with Gasteiger partial charge in [0.05, 0.1) is 0 Å². The smallest absolute Gasteiger partial charge is 0.326 e. The number of piperidine rings is 1. The number of primary amides is 1. The van der Waals surface area contributed by atoms with E-state index in [-0.39, 0.29) is 17.9 Å². The van der Waals surface area contributed by atoms with E-state index < -0.39 is 12.0 Å². The molecule has 0 bridgehead atoms. The summed E-state index contributed by atoms with van der Waals surface area (Å²) in [7, 11) is 0. The van der Waals surface area contributed by atoms with E-state index in [1.54, 1.807) is 0 Å². The topological polar surface area (TPSA) is 113 Å². The van der Waals surface area contributed by atoms with Crippen LogP contribution in [0.4, 0.5) is 4.79 Å². The first-order chi connectivity index (χ1) is 9.43. The van der Waals surface area contributed by atoms with Crippen LogP contribution in [0.2, 0.25) is 0 Å². The van der Waals surface area contributed by atoms with Crippen molar-refractivity contribution in [2.24, 2.45) is 11.7 Å². The van der Waals surface area contributed by atoms with Crippen molar-refractivity contribution in [1.29, 1.82) is 0 Å². The summed E-state index contributed by atoms with van der Waals surface area (Å²) in [6.07, 6.45) is 3.21. The lowest BCUT2D eigenvalue weighted by Gasteiger charge is -2.37. The molecule has 0 aromatic carbocycles. The van der Waals surface area contributed by atoms with E-state index in [0.717, 1.165) is 12.8 Å². The Labute approximate surface area is 118 Å². The number of carboxylic acids is 1. The quantitative estimate of drug-likeness (QED) is 0.618. The van der Waals surface area contributed by atoms with Crippen LogP contribution in [0.25, 0.3) is 0 Å². The summed E-state index contributed by atoms with van der Waals surface area (Å²) in [4.78, 5) is 35.2. The maximum atomic E-state index is 12.0. The monoisotopic (exact) mass is 285 g/mol. The van der Waals surface area contributed by atoms with E-state index in [1.807, 2.05) is 6.92 Å². The van der Waals surface area contributed by atoms with Crippen LogP contribution in [-0.4, -0.2) is 47.0 Å². The number of rotatable bonds is 6. The van der Waals surface area contributed by atoms with Crippen molar-refractivity contribution in [3.63, 3.8) is 0 Å². The third kappa shape index (κ3) is 4.71. The number of likely N-dealkylation sites (tertiary alicyclic amines) is 1. The Hall–Kier alpha value is -1.79. The highest BCUT2D eigenvalue weighted by atomic mass is 16.4. The van der Waals surface area contributed by atoms with Crippen LogP contribution in [0.5, 0.6) is 0 Å². The van der Waals surface area contributed by atoms with Gasteiger partial charge < -0.3 is 21.1 Å². The van der Waals surface area contributed by atoms with Gasteiger partial charge in [-0.1, -0.05) is 6.92 Å². The van der Waals surface area contributed by atoms with Crippen molar-refractivity contribution in [2.45, 2.75) is 45.1 Å². The summed E-state index contributed by atoms with van der Waals surface area (Å²) < 4.78 is 0. The molecule has 1 aliphatic heterocycles. The molecule has 20 heavy (non-hydrogen) atoms. The summed E-state index contributed by atoms with van der Waals surface area (Å²) in [6.45, 7) is 2.74. The van der Waals surface area contributed by atoms with E-state index in [9.17, 15) is 19.5 Å². The van der Waals surface area contributed by atoms with Gasteiger partial charge in [-0.15, -0.1) is 0 Å². The first-order valence-corrected chi connectivity index (χ1v) is 6.99. The van der Waals surface area contributed by atoms with E-state index in [1.165, 1.54) is 4.90 Å². The van der Waals surface area contributed by atoms with Gasteiger partial charge in [0.2, 0.25) is 5.91 Å². The number of nitrogens with zero attached hydrogens (tertiary/aromatic N) is 1. The number of urea groups is 1. The molecule has 1 aliphatic rings. The van der Waals surface area contributed by atoms with Gasteiger partial charge in [-0.2, -0.15) is 0 Å². The Morgan fingerprint density at radius 2 is 2.05 bits per heavy atom. The molecule has 1 saturated heterocycles. The molecule has 1 rings (SSSR count). The maximum Gasteiger partial charge on any atom is 0.326 e. The molecule has 4 N–H and O–H groups in total. The van der Waals surface area contributed by atoms with Gasteiger partial charge in [-0.05, 0) is 31.6 Å². The van der Waals surface area contributed by atoms with Gasteiger partial charge in [0, 0.05) is 19.5 Å². The number of carbonyl (C=O) groups is 3. The number of amides is 3. The molecule has 7 heteroatoms. The van der Waals surface area contributed by atoms with Crippen LogP contribution >= 0.6 is 0 Å². The predicted octanol–water partition coefficient (Wildman–Crippen LogP) is 0.537. The van der Waals surface area contributed by atoms with Gasteiger partial charge in [0.1, 0.15) is 6.04 Å². The lowest BCUT2D eigenvalue weighted by Crippen LogP contribution is -2.55. The average molecular weight is 285 g/mol. The molecule has 0 aromatic heterocycles. The molecule has 3 amide bonds. The molecule has 1 fully saturated rings. The molecule has 0 saturated carbocycles. The highest BCUT2D eigenvalue weighted by molar-refractivity contribution is 5.83. The highest BCUT2D eigenvalue weighted by Gasteiger charge is 2.36. The second kappa shape index (κ2) is 7.72. The molecule has 1 heterocycles. The minimum Gasteiger partial charge on any atom is -0.480 e. The predicted molar refractivity (Wildman–Crippen MR) is 73.0 cm³/mol. The third-order valence-corrected chi connectivity index (χ3v) is 3.57.